The van der Waals surface area contributed by atoms with Gasteiger partial charge in [-0.05, 0) is 5.41 Å². The number of likely N-dealkylation sites (tertiary alicyclic amines) is 1. The number of halogens is 1. The van der Waals surface area contributed by atoms with Gasteiger partial charge in [0.25, 0.3) is 0 Å². The molecule has 1 aliphatic rings. The second-order valence-corrected chi connectivity index (χ2v) is 6.62. The molecule has 0 unspecified atom stereocenters. The van der Waals surface area contributed by atoms with Crippen LogP contribution in [0.25, 0.3) is 0 Å². The Kier molecular flexibility index (Phi) is 4.75. The van der Waals surface area contributed by atoms with E-state index in [0.29, 0.717) is 19.5 Å². The highest BCUT2D eigenvalue weighted by Gasteiger charge is 2.26. The minimum atomic E-state index is -0.482. The molecule has 2 heterocycles. The molecule has 1 aromatic rings. The van der Waals surface area contributed by atoms with E-state index in [0.717, 1.165) is 25.2 Å². The number of aromatic nitrogens is 2. The van der Waals surface area contributed by atoms with Crippen molar-refractivity contribution in [1.29, 1.82) is 0 Å². The molecule has 1 fully saturated rings. The fraction of sp³-hybridized carbons (Fsp3) is 0.667. The van der Waals surface area contributed by atoms with Gasteiger partial charge in [0.15, 0.2) is 5.82 Å². The second kappa shape index (κ2) is 6.37. The summed E-state index contributed by atoms with van der Waals surface area (Å²) >= 11 is 0. The van der Waals surface area contributed by atoms with Crippen molar-refractivity contribution in [2.24, 2.45) is 5.41 Å². The van der Waals surface area contributed by atoms with Crippen molar-refractivity contribution >= 4 is 5.91 Å². The van der Waals surface area contributed by atoms with Gasteiger partial charge in [0.2, 0.25) is 5.91 Å². The number of nitrogens with zero attached hydrogens (tertiary/aromatic N) is 3. The lowest BCUT2D eigenvalue weighted by atomic mass is 9.91. The maximum atomic E-state index is 12.7. The van der Waals surface area contributed by atoms with Gasteiger partial charge in [-0.3, -0.25) is 4.79 Å². The van der Waals surface area contributed by atoms with Crippen molar-refractivity contribution in [1.82, 2.24) is 14.9 Å². The van der Waals surface area contributed by atoms with Crippen LogP contribution in [0.1, 0.15) is 40.0 Å². The average Bonchev–Trinajstić information content (AvgIpc) is 2.40. The molecule has 5 nitrogen and oxygen atoms in total. The van der Waals surface area contributed by atoms with Crippen LogP contribution in [0, 0.1) is 11.2 Å². The molecule has 0 spiro atoms. The van der Waals surface area contributed by atoms with Crippen LogP contribution < -0.4 is 4.74 Å². The van der Waals surface area contributed by atoms with Gasteiger partial charge in [-0.15, -0.1) is 0 Å². The van der Waals surface area contributed by atoms with Gasteiger partial charge >= 0.3 is 6.01 Å². The first-order valence-electron chi connectivity index (χ1n) is 7.25. The predicted molar refractivity (Wildman–Crippen MR) is 76.3 cm³/mol. The Morgan fingerprint density at radius 3 is 2.43 bits per heavy atom. The van der Waals surface area contributed by atoms with E-state index in [4.69, 9.17) is 4.74 Å². The normalized spacial score (nSPS) is 16.9. The zero-order chi connectivity index (χ0) is 15.5. The molecule has 2 rings (SSSR count). The van der Waals surface area contributed by atoms with E-state index in [1.165, 1.54) is 0 Å². The van der Waals surface area contributed by atoms with Gasteiger partial charge in [-0.1, -0.05) is 20.8 Å². The molecule has 1 aliphatic heterocycles. The summed E-state index contributed by atoms with van der Waals surface area (Å²) in [6, 6.07) is 0.191. The summed E-state index contributed by atoms with van der Waals surface area (Å²) in [7, 11) is 0. The number of hydrogen-bond donors (Lipinski definition) is 0. The smallest absolute Gasteiger partial charge is 0.316 e. The van der Waals surface area contributed by atoms with Gasteiger partial charge in [-0.2, -0.15) is 0 Å². The van der Waals surface area contributed by atoms with E-state index in [1.807, 2.05) is 4.90 Å². The summed E-state index contributed by atoms with van der Waals surface area (Å²) in [6.07, 6.45) is 4.20. The number of carbonyl (C=O) groups is 1. The second-order valence-electron chi connectivity index (χ2n) is 6.62. The first-order valence-corrected chi connectivity index (χ1v) is 7.25. The summed E-state index contributed by atoms with van der Waals surface area (Å²) in [5, 5.41) is 0. The third-order valence-electron chi connectivity index (χ3n) is 3.34. The molecule has 6 heteroatoms. The molecule has 0 atom stereocenters. The number of piperidine rings is 1. The fourth-order valence-electron chi connectivity index (χ4n) is 2.30. The molecule has 1 amide bonds. The van der Waals surface area contributed by atoms with Gasteiger partial charge < -0.3 is 9.64 Å². The average molecular weight is 295 g/mol. The Morgan fingerprint density at radius 1 is 1.33 bits per heavy atom. The fourth-order valence-corrected chi connectivity index (χ4v) is 2.30. The van der Waals surface area contributed by atoms with Crippen LogP contribution in [0.2, 0.25) is 0 Å². The third-order valence-corrected chi connectivity index (χ3v) is 3.34. The predicted octanol–water partition coefficient (Wildman–Crippen LogP) is 2.42. The molecule has 0 saturated carbocycles. The van der Waals surface area contributed by atoms with Crippen molar-refractivity contribution in [2.45, 2.75) is 46.1 Å². The number of hydrogen-bond acceptors (Lipinski definition) is 4. The number of carbonyl (C=O) groups excluding carboxylic acids is 1. The Labute approximate surface area is 124 Å². The van der Waals surface area contributed by atoms with E-state index >= 15 is 0 Å². The summed E-state index contributed by atoms with van der Waals surface area (Å²) in [5.74, 6) is -0.288. The Hall–Kier alpha value is -1.72. The van der Waals surface area contributed by atoms with Crippen LogP contribution in [0.5, 0.6) is 6.01 Å². The molecular weight excluding hydrogens is 273 g/mol. The minimum absolute atomic E-state index is 0.00633. The summed E-state index contributed by atoms with van der Waals surface area (Å²) in [4.78, 5) is 21.6. The van der Waals surface area contributed by atoms with Crippen LogP contribution in [0.3, 0.4) is 0 Å². The largest absolute Gasteiger partial charge is 0.460 e. The van der Waals surface area contributed by atoms with Gasteiger partial charge in [0.05, 0.1) is 12.4 Å². The molecule has 116 valence electrons. The number of amides is 1. The Balaban J connectivity index is 1.80. The topological polar surface area (TPSA) is 55.3 Å². The van der Waals surface area contributed by atoms with Crippen molar-refractivity contribution in [3.8, 4) is 6.01 Å². The third kappa shape index (κ3) is 4.95. The number of ether oxygens (including phenoxy) is 1. The highest BCUT2D eigenvalue weighted by Crippen LogP contribution is 2.22. The molecule has 1 saturated heterocycles. The molecule has 0 aromatic carbocycles. The zero-order valence-corrected chi connectivity index (χ0v) is 12.8. The van der Waals surface area contributed by atoms with Gasteiger partial charge in [0, 0.05) is 32.4 Å². The highest BCUT2D eigenvalue weighted by atomic mass is 19.1. The zero-order valence-electron chi connectivity index (χ0n) is 12.8. The lowest BCUT2D eigenvalue weighted by molar-refractivity contribution is -0.134. The van der Waals surface area contributed by atoms with Gasteiger partial charge in [0.1, 0.15) is 6.10 Å². The van der Waals surface area contributed by atoms with Crippen molar-refractivity contribution < 1.29 is 13.9 Å². The van der Waals surface area contributed by atoms with Crippen molar-refractivity contribution in [3.05, 3.63) is 18.2 Å². The monoisotopic (exact) mass is 295 g/mol. The standard InChI is InChI=1S/C15H22FN3O2/c1-15(2,3)8-13(20)19-6-4-12(5-7-19)21-14-17-9-11(16)10-18-14/h9-10,12H,4-8H2,1-3H3. The van der Waals surface area contributed by atoms with E-state index < -0.39 is 5.82 Å². The summed E-state index contributed by atoms with van der Waals surface area (Å²) in [5.41, 5.74) is 0.00633. The minimum Gasteiger partial charge on any atom is -0.460 e. The first kappa shape index (κ1) is 15.7. The lowest BCUT2D eigenvalue weighted by Crippen LogP contribution is -2.42. The molecule has 0 bridgehead atoms. The highest BCUT2D eigenvalue weighted by molar-refractivity contribution is 5.76. The summed E-state index contributed by atoms with van der Waals surface area (Å²) in [6.45, 7) is 7.55. The van der Waals surface area contributed by atoms with E-state index in [1.54, 1.807) is 0 Å². The van der Waals surface area contributed by atoms with Crippen molar-refractivity contribution in [3.63, 3.8) is 0 Å². The van der Waals surface area contributed by atoms with Crippen molar-refractivity contribution in [2.75, 3.05) is 13.1 Å². The first-order chi connectivity index (χ1) is 9.83. The summed E-state index contributed by atoms with van der Waals surface area (Å²) < 4.78 is 18.3. The molecule has 0 aliphatic carbocycles. The van der Waals surface area contributed by atoms with E-state index in [-0.39, 0.29) is 23.4 Å². The van der Waals surface area contributed by atoms with E-state index in [2.05, 4.69) is 30.7 Å². The molecule has 1 aromatic heterocycles. The SMILES string of the molecule is CC(C)(C)CC(=O)N1CCC(Oc2ncc(F)cn2)CC1. The lowest BCUT2D eigenvalue weighted by Gasteiger charge is -2.33. The Morgan fingerprint density at radius 2 is 1.90 bits per heavy atom. The van der Waals surface area contributed by atoms with E-state index in [9.17, 15) is 9.18 Å². The molecule has 0 N–H and O–H groups in total. The van der Waals surface area contributed by atoms with Crippen LogP contribution in [0.15, 0.2) is 12.4 Å². The Bertz CT molecular complexity index is 477. The van der Waals surface area contributed by atoms with Crippen LogP contribution in [0.4, 0.5) is 4.39 Å². The van der Waals surface area contributed by atoms with Gasteiger partial charge in [-0.25, -0.2) is 14.4 Å². The molecule has 21 heavy (non-hydrogen) atoms. The van der Waals surface area contributed by atoms with Crippen LogP contribution >= 0.6 is 0 Å². The maximum absolute atomic E-state index is 12.7. The number of rotatable bonds is 3. The van der Waals surface area contributed by atoms with Crippen LogP contribution in [-0.2, 0) is 4.79 Å². The van der Waals surface area contributed by atoms with Crippen LogP contribution in [-0.4, -0.2) is 40.0 Å². The maximum Gasteiger partial charge on any atom is 0.316 e. The quantitative estimate of drug-likeness (QED) is 0.859. The molecular formula is C15H22FN3O2. The molecule has 0 radical (unpaired) electrons.